The molecular formula is C39H47N3O7. The molecule has 6 saturated carbocycles. The summed E-state index contributed by atoms with van der Waals surface area (Å²) in [4.78, 5) is 34.0. The number of aromatic nitrogens is 1. The summed E-state index contributed by atoms with van der Waals surface area (Å²) >= 11 is 0. The quantitative estimate of drug-likeness (QED) is 0.284. The van der Waals surface area contributed by atoms with Gasteiger partial charge in [0.2, 0.25) is 5.91 Å². The zero-order chi connectivity index (χ0) is 34.1. The second-order valence-electron chi connectivity index (χ2n) is 16.0. The van der Waals surface area contributed by atoms with Gasteiger partial charge in [0.1, 0.15) is 16.8 Å². The predicted octanol–water partition coefficient (Wildman–Crippen LogP) is 3.85. The fourth-order valence-electron chi connectivity index (χ4n) is 13.1. The number of aliphatic hydroxyl groups is 2. The molecule has 1 saturated heterocycles. The van der Waals surface area contributed by atoms with Crippen molar-refractivity contribution in [3.05, 3.63) is 65.5 Å². The lowest BCUT2D eigenvalue weighted by atomic mass is 9.42. The summed E-state index contributed by atoms with van der Waals surface area (Å²) in [5, 5.41) is 28.8. The van der Waals surface area contributed by atoms with E-state index in [-0.39, 0.29) is 53.7 Å². The number of aryl methyl sites for hydroxylation is 1. The monoisotopic (exact) mass is 669 g/mol. The molecule has 1 aliphatic heterocycles. The van der Waals surface area contributed by atoms with E-state index < -0.39 is 28.2 Å². The summed E-state index contributed by atoms with van der Waals surface area (Å²) in [5.41, 5.74) is -1.29. The second kappa shape index (κ2) is 10.7. The summed E-state index contributed by atoms with van der Waals surface area (Å²) in [6, 6.07) is 8.88. The van der Waals surface area contributed by atoms with Gasteiger partial charge in [0, 0.05) is 74.9 Å². The van der Waals surface area contributed by atoms with Gasteiger partial charge in [-0.1, -0.05) is 19.1 Å². The van der Waals surface area contributed by atoms with E-state index in [9.17, 15) is 19.8 Å². The van der Waals surface area contributed by atoms with Crippen molar-refractivity contribution in [2.24, 2.45) is 40.9 Å². The second-order valence-corrected chi connectivity index (χ2v) is 16.0. The number of hydrogen-bond donors (Lipinski definition) is 3. The molecule has 10 heteroatoms. The van der Waals surface area contributed by atoms with Gasteiger partial charge in [-0.2, -0.15) is 0 Å². The van der Waals surface area contributed by atoms with Crippen LogP contribution in [0.4, 0.5) is 5.69 Å². The normalized spacial score (nSPS) is 45.2. The number of para-hydroxylation sites is 1. The Morgan fingerprint density at radius 1 is 1.12 bits per heavy atom. The molecule has 3 N–H and O–H groups in total. The molecule has 6 aliphatic carbocycles. The fourth-order valence-corrected chi connectivity index (χ4v) is 13.1. The van der Waals surface area contributed by atoms with Crippen LogP contribution in [0, 0.1) is 47.8 Å². The van der Waals surface area contributed by atoms with Crippen molar-refractivity contribution in [1.29, 1.82) is 0 Å². The van der Waals surface area contributed by atoms with Crippen LogP contribution >= 0.6 is 0 Å². The number of carbonyl (C=O) groups is 2. The first-order valence-electron chi connectivity index (χ1n) is 18.1. The van der Waals surface area contributed by atoms with E-state index in [1.54, 1.807) is 57.0 Å². The van der Waals surface area contributed by atoms with E-state index in [1.807, 2.05) is 13.0 Å². The minimum absolute atomic E-state index is 0.00298. The highest BCUT2D eigenvalue weighted by atomic mass is 16.6. The van der Waals surface area contributed by atoms with Crippen molar-refractivity contribution >= 4 is 23.6 Å². The van der Waals surface area contributed by atoms with Crippen LogP contribution in [0.25, 0.3) is 6.08 Å². The van der Waals surface area contributed by atoms with E-state index >= 15 is 0 Å². The Morgan fingerprint density at radius 2 is 1.94 bits per heavy atom. The maximum atomic E-state index is 14.4. The summed E-state index contributed by atoms with van der Waals surface area (Å²) in [5.74, 6) is -0.664. The average Bonchev–Trinajstić information content (AvgIpc) is 3.64. The topological polar surface area (TPSA) is 130 Å². The molecule has 7 fully saturated rings. The van der Waals surface area contributed by atoms with Crippen molar-refractivity contribution < 1.29 is 34.0 Å². The Balaban J connectivity index is 1.07. The number of piperidine rings is 1. The zero-order valence-corrected chi connectivity index (χ0v) is 28.7. The fraction of sp³-hybridized carbons (Fsp3) is 0.615. The number of nitrogens with one attached hydrogen (secondary N) is 1. The van der Waals surface area contributed by atoms with E-state index in [4.69, 9.17) is 14.2 Å². The maximum Gasteiger partial charge on any atom is 0.340 e. The molecule has 7 aliphatic rings. The van der Waals surface area contributed by atoms with Gasteiger partial charge >= 0.3 is 5.97 Å². The number of carbonyl (C=O) groups excluding carboxylic acids is 2. The van der Waals surface area contributed by atoms with Crippen molar-refractivity contribution in [2.45, 2.75) is 81.0 Å². The molecule has 0 radical (unpaired) electrons. The van der Waals surface area contributed by atoms with Crippen molar-refractivity contribution in [3.63, 3.8) is 0 Å². The first kappa shape index (κ1) is 31.8. The molecule has 1 aromatic heterocycles. The molecule has 49 heavy (non-hydrogen) atoms. The lowest BCUT2D eigenvalue weighted by molar-refractivity contribution is -0.333. The van der Waals surface area contributed by atoms with Gasteiger partial charge in [-0.3, -0.25) is 14.7 Å². The Labute approximate surface area is 287 Å². The Kier molecular flexibility index (Phi) is 6.93. The molecule has 260 valence electrons. The molecular weight excluding hydrogens is 622 g/mol. The van der Waals surface area contributed by atoms with E-state index in [0.29, 0.717) is 49.4 Å². The summed E-state index contributed by atoms with van der Waals surface area (Å²) < 4.78 is 19.2. The lowest BCUT2D eigenvalue weighted by Gasteiger charge is -2.71. The first-order valence-corrected chi connectivity index (χ1v) is 18.1. The number of hydrogen-bond acceptors (Lipinski definition) is 9. The number of esters is 1. The molecule has 1 aromatic carbocycles. The van der Waals surface area contributed by atoms with E-state index in [1.165, 1.54) is 6.08 Å². The van der Waals surface area contributed by atoms with Gasteiger partial charge in [-0.25, -0.2) is 4.79 Å². The third-order valence-electron chi connectivity index (χ3n) is 14.7. The van der Waals surface area contributed by atoms with E-state index in [2.05, 4.69) is 22.1 Å². The van der Waals surface area contributed by atoms with Crippen molar-refractivity contribution in [2.75, 3.05) is 32.6 Å². The average molecular weight is 670 g/mol. The Hall–Kier alpha value is -3.15. The Morgan fingerprint density at radius 3 is 2.69 bits per heavy atom. The number of likely N-dealkylation sites (tertiary alicyclic amines) is 1. The number of nitrogens with zero attached hydrogens (tertiary/aromatic N) is 2. The molecule has 2 unspecified atom stereocenters. The third-order valence-corrected chi connectivity index (χ3v) is 14.7. The summed E-state index contributed by atoms with van der Waals surface area (Å²) in [6.45, 7) is 5.38. The first-order chi connectivity index (χ1) is 23.6. The van der Waals surface area contributed by atoms with Crippen molar-refractivity contribution in [1.82, 2.24) is 9.88 Å². The highest BCUT2D eigenvalue weighted by Gasteiger charge is 2.92. The van der Waals surface area contributed by atoms with E-state index in [0.717, 1.165) is 24.1 Å². The standard InChI is InChI=1S/C39H47N3O7/c1-5-42-20-36(49-35(44)23-8-6-7-9-26(23)41-31(43)11-10-22-19-40-15-13-21(22)2)14-12-30(48-4)38-28(36)17-25(34(38)42)37(45)18-27(47-3)32-24-16-29(38)39(37,46)33(24)32/h6-11,13,15,19,24-25,27-30,32-34,45-46H,5,12,14,16-18,20H2,1-4H3,(H,41,43)/b11-10+/t24-,25-,27+,28-,29+,30+,32?,33-,34?,36-,37+,38+,39+/m1/s1. The highest BCUT2D eigenvalue weighted by molar-refractivity contribution is 6.06. The number of ether oxygens (including phenoxy) is 3. The number of benzene rings is 1. The minimum Gasteiger partial charge on any atom is -0.454 e. The number of rotatable bonds is 8. The van der Waals surface area contributed by atoms with Crippen LogP contribution in [0.3, 0.4) is 0 Å². The van der Waals surface area contributed by atoms with Gasteiger partial charge in [-0.15, -0.1) is 0 Å². The van der Waals surface area contributed by atoms with Crippen LogP contribution in [0.15, 0.2) is 48.8 Å². The highest BCUT2D eigenvalue weighted by Crippen LogP contribution is 2.84. The number of likely N-dealkylation sites (N-methyl/N-ethyl adjacent to an activating group) is 1. The van der Waals surface area contributed by atoms with Crippen LogP contribution in [-0.2, 0) is 19.0 Å². The molecule has 9 rings (SSSR count). The molecule has 10 nitrogen and oxygen atoms in total. The van der Waals surface area contributed by atoms with Crippen LogP contribution in [-0.4, -0.2) is 94.3 Å². The van der Waals surface area contributed by atoms with Gasteiger partial charge in [0.25, 0.3) is 0 Å². The van der Waals surface area contributed by atoms with Crippen LogP contribution < -0.4 is 5.32 Å². The maximum absolute atomic E-state index is 14.4. The Bertz CT molecular complexity index is 1750. The number of amides is 1. The smallest absolute Gasteiger partial charge is 0.340 e. The van der Waals surface area contributed by atoms with Crippen LogP contribution in [0.2, 0.25) is 0 Å². The lowest BCUT2D eigenvalue weighted by Crippen LogP contribution is -2.82. The minimum atomic E-state index is -1.29. The molecule has 1 spiro atoms. The number of pyridine rings is 1. The molecule has 1 amide bonds. The van der Waals surface area contributed by atoms with Crippen LogP contribution in [0.1, 0.15) is 60.5 Å². The van der Waals surface area contributed by atoms with Crippen molar-refractivity contribution in [3.8, 4) is 0 Å². The number of anilines is 1. The number of methoxy groups -OCH3 is 2. The molecule has 5 bridgehead atoms. The molecule has 2 aromatic rings. The van der Waals surface area contributed by atoms with Gasteiger partial charge in [0.05, 0.1) is 23.5 Å². The number of fused-ring (bicyclic) bond motifs is 2. The predicted molar refractivity (Wildman–Crippen MR) is 180 cm³/mol. The van der Waals surface area contributed by atoms with Gasteiger partial charge in [-0.05, 0) is 92.3 Å². The molecule has 2 heterocycles. The summed E-state index contributed by atoms with van der Waals surface area (Å²) in [7, 11) is 3.52. The zero-order valence-electron chi connectivity index (χ0n) is 28.7. The van der Waals surface area contributed by atoms with Crippen LogP contribution in [0.5, 0.6) is 0 Å². The summed E-state index contributed by atoms with van der Waals surface area (Å²) in [6.07, 6.45) is 9.64. The van der Waals surface area contributed by atoms with Gasteiger partial charge in [0.15, 0.2) is 0 Å². The SMILES string of the molecule is CCN1C[C@]2(OC(=O)c3ccccc3NC(=O)/C=C/c3cnccc3C)CC[C@H](OC)[C@]34C1[C@@H](C[C@H]23)[C@@]1(O)C[C@H](OC)C2[C@H]3C[C@@H]4[C@]1(O)[C@@H]23. The van der Waals surface area contributed by atoms with Gasteiger partial charge < -0.3 is 29.7 Å². The third kappa shape index (κ3) is 3.87. The molecule has 13 atom stereocenters. The largest absolute Gasteiger partial charge is 0.454 e.